The molecule has 1 fully saturated rings. The van der Waals surface area contributed by atoms with Gasteiger partial charge in [-0.05, 0) is 44.7 Å². The number of fused-ring (bicyclic) bond motifs is 1. The fourth-order valence-electron chi connectivity index (χ4n) is 2.91. The maximum absolute atomic E-state index is 5.79. The molecule has 0 bridgehead atoms. The van der Waals surface area contributed by atoms with Crippen LogP contribution in [0, 0.1) is 5.92 Å². The summed E-state index contributed by atoms with van der Waals surface area (Å²) in [6.45, 7) is 2.38. The molecule has 0 aliphatic carbocycles. The number of anilines is 1. The molecule has 4 N–H and O–H groups in total. The van der Waals surface area contributed by atoms with Crippen molar-refractivity contribution in [1.82, 2.24) is 25.3 Å². The normalized spacial score (nSPS) is 19.5. The summed E-state index contributed by atoms with van der Waals surface area (Å²) in [6, 6.07) is 0. The van der Waals surface area contributed by atoms with Gasteiger partial charge in [-0.25, -0.2) is 15.0 Å². The third-order valence-electron chi connectivity index (χ3n) is 4.04. The lowest BCUT2D eigenvalue weighted by molar-refractivity contribution is 0.347. The molecule has 3 heterocycles. The van der Waals surface area contributed by atoms with Crippen molar-refractivity contribution in [3.8, 4) is 0 Å². The second-order valence-electron chi connectivity index (χ2n) is 5.60. The number of nitrogens with zero attached hydrogens (tertiary/aromatic N) is 3. The van der Waals surface area contributed by atoms with E-state index < -0.39 is 0 Å². The molecule has 0 spiro atoms. The summed E-state index contributed by atoms with van der Waals surface area (Å²) in [5.41, 5.74) is 7.23. The topological polar surface area (TPSA) is 92.5 Å². The zero-order chi connectivity index (χ0) is 13.8. The summed E-state index contributed by atoms with van der Waals surface area (Å²) >= 11 is 0. The van der Waals surface area contributed by atoms with Crippen LogP contribution in [0.1, 0.15) is 37.9 Å². The Morgan fingerprint density at radius 2 is 2.25 bits per heavy atom. The minimum absolute atomic E-state index is 0.474. The van der Waals surface area contributed by atoms with Gasteiger partial charge >= 0.3 is 0 Å². The van der Waals surface area contributed by atoms with Crippen molar-refractivity contribution in [2.45, 2.75) is 38.5 Å². The van der Waals surface area contributed by atoms with Gasteiger partial charge in [0.25, 0.3) is 0 Å². The smallest absolute Gasteiger partial charge is 0.183 e. The number of aromatic nitrogens is 4. The van der Waals surface area contributed by atoms with Crippen LogP contribution in [0.15, 0.2) is 6.33 Å². The summed E-state index contributed by atoms with van der Waals surface area (Å²) in [5, 5.41) is 3.47. The van der Waals surface area contributed by atoms with Crippen LogP contribution in [0.25, 0.3) is 11.2 Å². The molecule has 108 valence electrons. The van der Waals surface area contributed by atoms with Gasteiger partial charge < -0.3 is 16.0 Å². The average molecular weight is 274 g/mol. The van der Waals surface area contributed by atoms with Crippen molar-refractivity contribution < 1.29 is 0 Å². The van der Waals surface area contributed by atoms with E-state index in [1.54, 1.807) is 0 Å². The number of hydrogen-bond donors (Lipinski definition) is 3. The fourth-order valence-corrected chi connectivity index (χ4v) is 2.91. The van der Waals surface area contributed by atoms with Crippen LogP contribution >= 0.6 is 0 Å². The Morgan fingerprint density at radius 3 is 3.05 bits per heavy atom. The Labute approximate surface area is 118 Å². The average Bonchev–Trinajstić information content (AvgIpc) is 2.89. The van der Waals surface area contributed by atoms with Crippen LogP contribution < -0.4 is 11.1 Å². The number of piperidine rings is 1. The highest BCUT2D eigenvalue weighted by Gasteiger charge is 2.12. The number of rotatable bonds is 5. The number of H-pyrrole nitrogens is 1. The van der Waals surface area contributed by atoms with E-state index in [0.717, 1.165) is 30.1 Å². The van der Waals surface area contributed by atoms with Crippen molar-refractivity contribution >= 4 is 17.0 Å². The molecular weight excluding hydrogens is 252 g/mol. The van der Waals surface area contributed by atoms with E-state index in [4.69, 9.17) is 5.73 Å². The summed E-state index contributed by atoms with van der Waals surface area (Å²) in [5.74, 6) is 2.30. The molecule has 1 aliphatic heterocycles. The molecular formula is C14H22N6. The van der Waals surface area contributed by atoms with Crippen LogP contribution in [-0.4, -0.2) is 33.0 Å². The molecule has 0 saturated carbocycles. The lowest BCUT2D eigenvalue weighted by Gasteiger charge is -2.22. The highest BCUT2D eigenvalue weighted by atomic mass is 15.0. The van der Waals surface area contributed by atoms with Gasteiger partial charge in [0.05, 0.1) is 0 Å². The third-order valence-corrected chi connectivity index (χ3v) is 4.04. The highest BCUT2D eigenvalue weighted by molar-refractivity contribution is 5.80. The minimum atomic E-state index is 0.474. The number of aryl methyl sites for hydroxylation is 1. The van der Waals surface area contributed by atoms with Crippen molar-refractivity contribution in [1.29, 1.82) is 0 Å². The molecule has 1 saturated heterocycles. The van der Waals surface area contributed by atoms with Crippen LogP contribution in [0.2, 0.25) is 0 Å². The van der Waals surface area contributed by atoms with Gasteiger partial charge in [0.15, 0.2) is 11.5 Å². The predicted molar refractivity (Wildman–Crippen MR) is 79.2 cm³/mol. The summed E-state index contributed by atoms with van der Waals surface area (Å²) in [7, 11) is 0. The quantitative estimate of drug-likeness (QED) is 0.721. The fraction of sp³-hybridized carbons (Fsp3) is 0.643. The van der Waals surface area contributed by atoms with Crippen LogP contribution in [0.3, 0.4) is 0 Å². The second-order valence-corrected chi connectivity index (χ2v) is 5.60. The van der Waals surface area contributed by atoms with Gasteiger partial charge in [0, 0.05) is 6.42 Å². The van der Waals surface area contributed by atoms with Crippen molar-refractivity contribution in [2.24, 2.45) is 5.92 Å². The summed E-state index contributed by atoms with van der Waals surface area (Å²) in [6.07, 6.45) is 8.84. The van der Waals surface area contributed by atoms with Crippen molar-refractivity contribution in [3.05, 3.63) is 12.2 Å². The van der Waals surface area contributed by atoms with E-state index in [-0.39, 0.29) is 0 Å². The monoisotopic (exact) mass is 274 g/mol. The number of unbranched alkanes of at least 4 members (excludes halogenated alkanes) is 1. The molecule has 0 radical (unpaired) electrons. The Hall–Kier alpha value is -1.69. The maximum atomic E-state index is 5.79. The molecule has 0 amide bonds. The minimum Gasteiger partial charge on any atom is -0.382 e. The van der Waals surface area contributed by atoms with Gasteiger partial charge in [-0.2, -0.15) is 0 Å². The van der Waals surface area contributed by atoms with Crippen molar-refractivity contribution in [2.75, 3.05) is 18.8 Å². The Bertz CT molecular complexity index is 558. The van der Waals surface area contributed by atoms with Crippen LogP contribution in [0.5, 0.6) is 0 Å². The lowest BCUT2D eigenvalue weighted by Crippen LogP contribution is -2.29. The molecule has 1 aliphatic rings. The van der Waals surface area contributed by atoms with Gasteiger partial charge in [-0.15, -0.1) is 0 Å². The molecule has 2 aromatic rings. The lowest BCUT2D eigenvalue weighted by atomic mass is 9.93. The van der Waals surface area contributed by atoms with Crippen LogP contribution in [0.4, 0.5) is 5.82 Å². The Kier molecular flexibility index (Phi) is 4.11. The number of imidazole rings is 1. The van der Waals surface area contributed by atoms with Gasteiger partial charge in [-0.1, -0.05) is 6.42 Å². The first-order valence-electron chi connectivity index (χ1n) is 7.48. The molecule has 6 nitrogen and oxygen atoms in total. The first-order valence-corrected chi connectivity index (χ1v) is 7.48. The highest BCUT2D eigenvalue weighted by Crippen LogP contribution is 2.18. The molecule has 2 aromatic heterocycles. The zero-order valence-electron chi connectivity index (χ0n) is 11.7. The SMILES string of the molecule is Nc1ncnc2nc(CCCCC3CCCNC3)[nH]c12. The summed E-state index contributed by atoms with van der Waals surface area (Å²) in [4.78, 5) is 15.8. The Morgan fingerprint density at radius 1 is 1.30 bits per heavy atom. The molecule has 3 rings (SSSR count). The maximum Gasteiger partial charge on any atom is 0.183 e. The summed E-state index contributed by atoms with van der Waals surface area (Å²) < 4.78 is 0. The van der Waals surface area contributed by atoms with E-state index in [0.29, 0.717) is 11.5 Å². The first-order chi connectivity index (χ1) is 9.83. The molecule has 1 unspecified atom stereocenters. The van der Waals surface area contributed by atoms with Gasteiger partial charge in [-0.3, -0.25) is 0 Å². The van der Waals surface area contributed by atoms with Crippen LogP contribution in [-0.2, 0) is 6.42 Å². The predicted octanol–water partition coefficient (Wildman–Crippen LogP) is 1.65. The van der Waals surface area contributed by atoms with Crippen molar-refractivity contribution in [3.63, 3.8) is 0 Å². The molecule has 0 aromatic carbocycles. The van der Waals surface area contributed by atoms with E-state index in [9.17, 15) is 0 Å². The van der Waals surface area contributed by atoms with E-state index in [1.807, 2.05) is 0 Å². The van der Waals surface area contributed by atoms with E-state index in [1.165, 1.54) is 45.1 Å². The number of nitrogen functional groups attached to an aromatic ring is 1. The van der Waals surface area contributed by atoms with Gasteiger partial charge in [0.1, 0.15) is 17.7 Å². The largest absolute Gasteiger partial charge is 0.382 e. The number of hydrogen-bond acceptors (Lipinski definition) is 5. The number of nitrogens with two attached hydrogens (primary N) is 1. The van der Waals surface area contributed by atoms with E-state index in [2.05, 4.69) is 25.3 Å². The number of aromatic amines is 1. The third kappa shape index (κ3) is 3.07. The Balaban J connectivity index is 1.48. The van der Waals surface area contributed by atoms with Gasteiger partial charge in [0.2, 0.25) is 0 Å². The standard InChI is InChI=1S/C14H22N6/c15-13-12-14(18-9-17-13)20-11(19-12)6-2-1-4-10-5-3-7-16-8-10/h9-10,16H,1-8H2,(H3,15,17,18,19,20). The number of nitrogens with one attached hydrogen (secondary N) is 2. The molecule has 20 heavy (non-hydrogen) atoms. The zero-order valence-corrected chi connectivity index (χ0v) is 11.7. The first kappa shape index (κ1) is 13.3. The molecule has 1 atom stereocenters. The molecule has 6 heteroatoms. The second kappa shape index (κ2) is 6.17. The van der Waals surface area contributed by atoms with E-state index >= 15 is 0 Å².